The maximum absolute atomic E-state index is 14.4. The van der Waals surface area contributed by atoms with Crippen molar-refractivity contribution in [1.29, 1.82) is 0 Å². The zero-order chi connectivity index (χ0) is 20.3. The van der Waals surface area contributed by atoms with Crippen LogP contribution in [0.25, 0.3) is 22.3 Å². The van der Waals surface area contributed by atoms with E-state index in [2.05, 4.69) is 45.1 Å². The Labute approximate surface area is 175 Å². The molecule has 1 aliphatic rings. The summed E-state index contributed by atoms with van der Waals surface area (Å²) in [4.78, 5) is 14.2. The van der Waals surface area contributed by atoms with Gasteiger partial charge in [0.05, 0.1) is 11.1 Å². The van der Waals surface area contributed by atoms with Crippen molar-refractivity contribution >= 4 is 16.7 Å². The van der Waals surface area contributed by atoms with E-state index in [-0.39, 0.29) is 5.82 Å². The fourth-order valence-electron chi connectivity index (χ4n) is 4.02. The molecule has 0 N–H and O–H groups in total. The smallest absolute Gasteiger partial charge is 0.165 e. The molecule has 0 amide bonds. The van der Waals surface area contributed by atoms with E-state index in [1.165, 1.54) is 11.6 Å². The van der Waals surface area contributed by atoms with Crippen molar-refractivity contribution in [2.24, 2.45) is 0 Å². The van der Waals surface area contributed by atoms with E-state index in [0.29, 0.717) is 11.4 Å². The molecule has 0 atom stereocenters. The van der Waals surface area contributed by atoms with Gasteiger partial charge in [-0.3, -0.25) is 4.90 Å². The van der Waals surface area contributed by atoms with Gasteiger partial charge in [-0.2, -0.15) is 0 Å². The minimum Gasteiger partial charge on any atom is -0.353 e. The first-order valence-corrected chi connectivity index (χ1v) is 10.3. The third kappa shape index (κ3) is 3.76. The summed E-state index contributed by atoms with van der Waals surface area (Å²) < 4.78 is 14.4. The zero-order valence-electron chi connectivity index (χ0n) is 16.7. The number of benzene rings is 3. The Morgan fingerprint density at radius 2 is 1.43 bits per heavy atom. The molecule has 3 aromatic carbocycles. The maximum Gasteiger partial charge on any atom is 0.165 e. The van der Waals surface area contributed by atoms with E-state index in [9.17, 15) is 4.39 Å². The van der Waals surface area contributed by atoms with Gasteiger partial charge in [-0.25, -0.2) is 14.4 Å². The number of fused-ring (bicyclic) bond motifs is 1. The number of anilines is 1. The number of para-hydroxylation sites is 1. The summed E-state index contributed by atoms with van der Waals surface area (Å²) in [6, 6.07) is 25.2. The summed E-state index contributed by atoms with van der Waals surface area (Å²) >= 11 is 0. The SMILES string of the molecule is Fc1ccccc1-c1nc(N2CCN(Cc3ccccc3)CC2)c2ccccc2n1. The molecule has 1 fully saturated rings. The van der Waals surface area contributed by atoms with Gasteiger partial charge in [0.2, 0.25) is 0 Å². The molecule has 0 saturated carbocycles. The van der Waals surface area contributed by atoms with Gasteiger partial charge < -0.3 is 4.90 Å². The van der Waals surface area contributed by atoms with E-state index in [1.807, 2.05) is 30.3 Å². The third-order valence-corrected chi connectivity index (χ3v) is 5.62. The van der Waals surface area contributed by atoms with Crippen LogP contribution in [-0.2, 0) is 6.54 Å². The van der Waals surface area contributed by atoms with Gasteiger partial charge >= 0.3 is 0 Å². The second kappa shape index (κ2) is 8.20. The number of aromatic nitrogens is 2. The lowest BCUT2D eigenvalue weighted by Gasteiger charge is -2.36. The molecule has 0 radical (unpaired) electrons. The van der Waals surface area contributed by atoms with Crippen LogP contribution in [0.2, 0.25) is 0 Å². The lowest BCUT2D eigenvalue weighted by atomic mass is 10.1. The highest BCUT2D eigenvalue weighted by molar-refractivity contribution is 5.91. The van der Waals surface area contributed by atoms with E-state index >= 15 is 0 Å². The molecule has 5 heteroatoms. The van der Waals surface area contributed by atoms with Gasteiger partial charge in [0.25, 0.3) is 0 Å². The van der Waals surface area contributed by atoms with Crippen LogP contribution in [0.5, 0.6) is 0 Å². The molecule has 0 aliphatic carbocycles. The molecule has 150 valence electrons. The summed E-state index contributed by atoms with van der Waals surface area (Å²) in [6.45, 7) is 4.64. The van der Waals surface area contributed by atoms with Crippen LogP contribution in [0.4, 0.5) is 10.2 Å². The largest absolute Gasteiger partial charge is 0.353 e. The minimum atomic E-state index is -0.300. The van der Waals surface area contributed by atoms with Gasteiger partial charge in [0, 0.05) is 38.1 Å². The molecular formula is C25H23FN4. The van der Waals surface area contributed by atoms with Crippen molar-refractivity contribution in [1.82, 2.24) is 14.9 Å². The Balaban J connectivity index is 1.43. The second-order valence-corrected chi connectivity index (χ2v) is 7.62. The summed E-state index contributed by atoms with van der Waals surface area (Å²) in [7, 11) is 0. The molecule has 1 aromatic heterocycles. The van der Waals surface area contributed by atoms with Crippen molar-refractivity contribution in [3.8, 4) is 11.4 Å². The Morgan fingerprint density at radius 1 is 0.733 bits per heavy atom. The van der Waals surface area contributed by atoms with Crippen LogP contribution in [0, 0.1) is 5.82 Å². The first-order valence-electron chi connectivity index (χ1n) is 10.3. The molecule has 1 saturated heterocycles. The van der Waals surface area contributed by atoms with Gasteiger partial charge in [-0.15, -0.1) is 0 Å². The predicted octanol–water partition coefficient (Wildman–Crippen LogP) is 4.76. The molecule has 4 aromatic rings. The topological polar surface area (TPSA) is 32.3 Å². The van der Waals surface area contributed by atoms with Crippen molar-refractivity contribution in [3.05, 3.63) is 90.2 Å². The Kier molecular flexibility index (Phi) is 5.11. The van der Waals surface area contributed by atoms with Crippen LogP contribution in [0.15, 0.2) is 78.9 Å². The number of hydrogen-bond acceptors (Lipinski definition) is 4. The summed E-state index contributed by atoms with van der Waals surface area (Å²) in [6.07, 6.45) is 0. The molecule has 30 heavy (non-hydrogen) atoms. The fraction of sp³-hybridized carbons (Fsp3) is 0.200. The number of rotatable bonds is 4. The second-order valence-electron chi connectivity index (χ2n) is 7.62. The zero-order valence-corrected chi connectivity index (χ0v) is 16.7. The first-order chi connectivity index (χ1) is 14.8. The van der Waals surface area contributed by atoms with Crippen LogP contribution in [0.1, 0.15) is 5.56 Å². The van der Waals surface area contributed by atoms with E-state index in [0.717, 1.165) is 49.4 Å². The standard InChI is InChI=1S/C25H23FN4/c26-22-12-6-4-10-20(22)24-27-23-13-7-5-11-21(23)25(28-24)30-16-14-29(15-17-30)18-19-8-2-1-3-9-19/h1-13H,14-18H2. The highest BCUT2D eigenvalue weighted by Gasteiger charge is 2.21. The average molecular weight is 398 g/mol. The lowest BCUT2D eigenvalue weighted by Crippen LogP contribution is -2.46. The molecule has 0 spiro atoms. The highest BCUT2D eigenvalue weighted by atomic mass is 19.1. The summed E-state index contributed by atoms with van der Waals surface area (Å²) in [5.41, 5.74) is 2.61. The van der Waals surface area contributed by atoms with Crippen molar-refractivity contribution in [3.63, 3.8) is 0 Å². The minimum absolute atomic E-state index is 0.300. The van der Waals surface area contributed by atoms with Crippen molar-refractivity contribution < 1.29 is 4.39 Å². The number of nitrogens with zero attached hydrogens (tertiary/aromatic N) is 4. The first kappa shape index (κ1) is 18.7. The van der Waals surface area contributed by atoms with E-state index < -0.39 is 0 Å². The highest BCUT2D eigenvalue weighted by Crippen LogP contribution is 2.29. The van der Waals surface area contributed by atoms with Gasteiger partial charge in [-0.05, 0) is 29.8 Å². The fourth-order valence-corrected chi connectivity index (χ4v) is 4.02. The molecule has 5 rings (SSSR count). The monoisotopic (exact) mass is 398 g/mol. The molecule has 1 aliphatic heterocycles. The number of halogens is 1. The quantitative estimate of drug-likeness (QED) is 0.496. The molecule has 0 unspecified atom stereocenters. The number of hydrogen-bond donors (Lipinski definition) is 0. The molecule has 0 bridgehead atoms. The Bertz CT molecular complexity index is 1150. The lowest BCUT2D eigenvalue weighted by molar-refractivity contribution is 0.249. The Hall–Kier alpha value is -3.31. The van der Waals surface area contributed by atoms with Crippen LogP contribution < -0.4 is 4.90 Å². The maximum atomic E-state index is 14.4. The van der Waals surface area contributed by atoms with Gasteiger partial charge in [-0.1, -0.05) is 54.6 Å². The van der Waals surface area contributed by atoms with Gasteiger partial charge in [0.1, 0.15) is 11.6 Å². The molecule has 4 nitrogen and oxygen atoms in total. The van der Waals surface area contributed by atoms with Crippen LogP contribution in [-0.4, -0.2) is 41.0 Å². The van der Waals surface area contributed by atoms with E-state index in [4.69, 9.17) is 4.98 Å². The van der Waals surface area contributed by atoms with E-state index in [1.54, 1.807) is 12.1 Å². The Morgan fingerprint density at radius 3 is 2.23 bits per heavy atom. The molecule has 2 heterocycles. The average Bonchev–Trinajstić information content (AvgIpc) is 2.80. The third-order valence-electron chi connectivity index (χ3n) is 5.62. The van der Waals surface area contributed by atoms with Crippen LogP contribution >= 0.6 is 0 Å². The normalized spacial score (nSPS) is 14.9. The van der Waals surface area contributed by atoms with Gasteiger partial charge in [0.15, 0.2) is 5.82 Å². The predicted molar refractivity (Wildman–Crippen MR) is 119 cm³/mol. The van der Waals surface area contributed by atoms with Crippen LogP contribution in [0.3, 0.4) is 0 Å². The van der Waals surface area contributed by atoms with Crippen molar-refractivity contribution in [2.75, 3.05) is 31.1 Å². The number of piperazine rings is 1. The molecular weight excluding hydrogens is 375 g/mol. The summed E-state index contributed by atoms with van der Waals surface area (Å²) in [5, 5.41) is 1.01. The summed E-state index contributed by atoms with van der Waals surface area (Å²) in [5.74, 6) is 1.03. The van der Waals surface area contributed by atoms with Crippen molar-refractivity contribution in [2.45, 2.75) is 6.54 Å².